The summed E-state index contributed by atoms with van der Waals surface area (Å²) in [5, 5.41) is 0. The lowest BCUT2D eigenvalue weighted by molar-refractivity contribution is 0.0759. The number of pyridine rings is 1. The molecule has 2 rings (SSSR count). The quantitative estimate of drug-likeness (QED) is 0.660. The zero-order valence-corrected chi connectivity index (χ0v) is 13.1. The van der Waals surface area contributed by atoms with Crippen molar-refractivity contribution in [2.24, 2.45) is 11.8 Å². The summed E-state index contributed by atoms with van der Waals surface area (Å²) in [6, 6.07) is 3.62. The van der Waals surface area contributed by atoms with Crippen molar-refractivity contribution in [1.29, 1.82) is 0 Å². The van der Waals surface area contributed by atoms with Crippen LogP contribution in [0, 0.1) is 5.92 Å². The van der Waals surface area contributed by atoms with Crippen LogP contribution in [-0.4, -0.2) is 28.9 Å². The Hall–Kier alpha value is -1.62. The number of nitrogens with zero attached hydrogens (tertiary/aromatic N) is 2. The molecule has 1 fully saturated rings. The highest BCUT2D eigenvalue weighted by Crippen LogP contribution is 2.22. The number of nitrogens with two attached hydrogens (primary N) is 1. The molecule has 116 valence electrons. The molecule has 0 aromatic carbocycles. The summed E-state index contributed by atoms with van der Waals surface area (Å²) in [4.78, 5) is 19.0. The Morgan fingerprint density at radius 1 is 1.38 bits per heavy atom. The number of likely N-dealkylation sites (tertiary alicyclic amines) is 1. The van der Waals surface area contributed by atoms with Gasteiger partial charge in [0.15, 0.2) is 0 Å². The molecule has 3 N–H and O–H groups in total. The standard InChI is InChI=1S/C16H26N4O/c1-3-12-6-5-8-20(9-7-12)16(21)13-10-14(4-2)18-15(11-13)19-17/h10-12H,3-9,17H2,1-2H3,(H,18,19). The molecule has 0 aliphatic carbocycles. The van der Waals surface area contributed by atoms with Gasteiger partial charge in [0.05, 0.1) is 0 Å². The minimum absolute atomic E-state index is 0.0975. The molecule has 0 bridgehead atoms. The van der Waals surface area contributed by atoms with Gasteiger partial charge in [-0.3, -0.25) is 4.79 Å². The first-order valence-electron chi connectivity index (χ1n) is 7.94. The van der Waals surface area contributed by atoms with Crippen molar-refractivity contribution in [3.05, 3.63) is 23.4 Å². The minimum atomic E-state index is 0.0975. The van der Waals surface area contributed by atoms with E-state index in [1.54, 1.807) is 6.07 Å². The van der Waals surface area contributed by atoms with Crippen LogP contribution in [-0.2, 0) is 6.42 Å². The normalized spacial score (nSPS) is 19.2. The molecule has 1 aromatic heterocycles. The van der Waals surface area contributed by atoms with Crippen LogP contribution in [0.25, 0.3) is 0 Å². The molecule has 1 aromatic rings. The smallest absolute Gasteiger partial charge is 0.254 e. The van der Waals surface area contributed by atoms with E-state index >= 15 is 0 Å². The molecule has 0 radical (unpaired) electrons. The highest BCUT2D eigenvalue weighted by atomic mass is 16.2. The molecule has 1 amide bonds. The maximum Gasteiger partial charge on any atom is 0.254 e. The molecule has 5 heteroatoms. The molecule has 0 saturated carbocycles. The second-order valence-electron chi connectivity index (χ2n) is 5.73. The zero-order valence-electron chi connectivity index (χ0n) is 13.1. The number of carbonyl (C=O) groups excluding carboxylic acids is 1. The molecule has 1 aliphatic heterocycles. The van der Waals surface area contributed by atoms with Gasteiger partial charge >= 0.3 is 0 Å². The summed E-state index contributed by atoms with van der Waals surface area (Å²) in [5.74, 6) is 6.85. The molecule has 0 spiro atoms. The highest BCUT2D eigenvalue weighted by Gasteiger charge is 2.21. The van der Waals surface area contributed by atoms with Crippen molar-refractivity contribution in [2.75, 3.05) is 18.5 Å². The Labute approximate surface area is 126 Å². The van der Waals surface area contributed by atoms with Crippen LogP contribution in [0.5, 0.6) is 0 Å². The minimum Gasteiger partial charge on any atom is -0.339 e. The topological polar surface area (TPSA) is 71.2 Å². The van der Waals surface area contributed by atoms with E-state index in [2.05, 4.69) is 17.3 Å². The van der Waals surface area contributed by atoms with Crippen molar-refractivity contribution < 1.29 is 4.79 Å². The lowest BCUT2D eigenvalue weighted by atomic mass is 9.98. The monoisotopic (exact) mass is 290 g/mol. The number of hydrazine groups is 1. The molecule has 5 nitrogen and oxygen atoms in total. The van der Waals surface area contributed by atoms with Gasteiger partial charge in [-0.1, -0.05) is 20.3 Å². The van der Waals surface area contributed by atoms with Gasteiger partial charge in [-0.25, -0.2) is 10.8 Å². The van der Waals surface area contributed by atoms with E-state index in [9.17, 15) is 4.79 Å². The number of rotatable bonds is 4. The van der Waals surface area contributed by atoms with Crippen LogP contribution in [0.3, 0.4) is 0 Å². The first kappa shape index (κ1) is 15.8. The number of hydrogen-bond acceptors (Lipinski definition) is 4. The molecular formula is C16H26N4O. The summed E-state index contributed by atoms with van der Waals surface area (Å²) in [6.07, 6.45) is 5.42. The number of nitrogen functional groups attached to an aromatic ring is 1. The van der Waals surface area contributed by atoms with Crippen molar-refractivity contribution in [3.63, 3.8) is 0 Å². The van der Waals surface area contributed by atoms with Gasteiger partial charge in [0, 0.05) is 24.3 Å². The van der Waals surface area contributed by atoms with Crippen LogP contribution in [0.2, 0.25) is 0 Å². The fraction of sp³-hybridized carbons (Fsp3) is 0.625. The lowest BCUT2D eigenvalue weighted by Gasteiger charge is -2.21. The van der Waals surface area contributed by atoms with Gasteiger partial charge in [-0.15, -0.1) is 0 Å². The Balaban J connectivity index is 2.15. The average molecular weight is 290 g/mol. The fourth-order valence-electron chi connectivity index (χ4n) is 2.93. The van der Waals surface area contributed by atoms with E-state index in [1.807, 2.05) is 17.9 Å². The third-order valence-corrected chi connectivity index (χ3v) is 4.35. The van der Waals surface area contributed by atoms with E-state index < -0.39 is 0 Å². The van der Waals surface area contributed by atoms with E-state index in [0.717, 1.165) is 44.0 Å². The summed E-state index contributed by atoms with van der Waals surface area (Å²) < 4.78 is 0. The van der Waals surface area contributed by atoms with Crippen molar-refractivity contribution in [3.8, 4) is 0 Å². The maximum atomic E-state index is 12.7. The number of aryl methyl sites for hydroxylation is 1. The first-order valence-corrected chi connectivity index (χ1v) is 7.94. The largest absolute Gasteiger partial charge is 0.339 e. The molecule has 2 heterocycles. The van der Waals surface area contributed by atoms with Gasteiger partial charge in [-0.05, 0) is 43.7 Å². The van der Waals surface area contributed by atoms with Gasteiger partial charge in [0.1, 0.15) is 5.82 Å². The SMILES string of the molecule is CCc1cc(C(=O)N2CCCC(CC)CC2)cc(NN)n1. The highest BCUT2D eigenvalue weighted by molar-refractivity contribution is 5.95. The van der Waals surface area contributed by atoms with Gasteiger partial charge in [-0.2, -0.15) is 0 Å². The van der Waals surface area contributed by atoms with Gasteiger partial charge < -0.3 is 10.3 Å². The second kappa shape index (κ2) is 7.41. The summed E-state index contributed by atoms with van der Waals surface area (Å²) in [5.41, 5.74) is 4.12. The van der Waals surface area contributed by atoms with Gasteiger partial charge in [0.25, 0.3) is 5.91 Å². The number of aromatic nitrogens is 1. The zero-order chi connectivity index (χ0) is 15.2. The average Bonchev–Trinajstić information content (AvgIpc) is 2.79. The van der Waals surface area contributed by atoms with E-state index in [-0.39, 0.29) is 5.91 Å². The molecule has 1 saturated heterocycles. The Bertz CT molecular complexity index is 467. The van der Waals surface area contributed by atoms with E-state index in [4.69, 9.17) is 5.84 Å². The van der Waals surface area contributed by atoms with Crippen LogP contribution in [0.4, 0.5) is 5.82 Å². The van der Waals surface area contributed by atoms with Crippen LogP contribution >= 0.6 is 0 Å². The number of amides is 1. The third-order valence-electron chi connectivity index (χ3n) is 4.35. The number of hydrogen-bond donors (Lipinski definition) is 2. The summed E-state index contributed by atoms with van der Waals surface area (Å²) >= 11 is 0. The number of nitrogens with one attached hydrogen (secondary N) is 1. The van der Waals surface area contributed by atoms with Crippen LogP contribution < -0.4 is 11.3 Å². The molecule has 1 unspecified atom stereocenters. The van der Waals surface area contributed by atoms with E-state index in [0.29, 0.717) is 11.4 Å². The van der Waals surface area contributed by atoms with Crippen molar-refractivity contribution in [2.45, 2.75) is 46.0 Å². The fourth-order valence-corrected chi connectivity index (χ4v) is 2.93. The molecule has 21 heavy (non-hydrogen) atoms. The predicted octanol–water partition coefficient (Wildman–Crippen LogP) is 2.58. The van der Waals surface area contributed by atoms with Gasteiger partial charge in [0.2, 0.25) is 0 Å². The van der Waals surface area contributed by atoms with E-state index in [1.165, 1.54) is 12.8 Å². The third kappa shape index (κ3) is 3.94. The number of anilines is 1. The maximum absolute atomic E-state index is 12.7. The van der Waals surface area contributed by atoms with Crippen LogP contribution in [0.15, 0.2) is 12.1 Å². The molecule has 1 aliphatic rings. The lowest BCUT2D eigenvalue weighted by Crippen LogP contribution is -2.32. The first-order chi connectivity index (χ1) is 10.2. The molecular weight excluding hydrogens is 264 g/mol. The van der Waals surface area contributed by atoms with Crippen LogP contribution in [0.1, 0.15) is 55.6 Å². The summed E-state index contributed by atoms with van der Waals surface area (Å²) in [7, 11) is 0. The molecule has 1 atom stereocenters. The Morgan fingerprint density at radius 3 is 2.86 bits per heavy atom. The van der Waals surface area contributed by atoms with Crippen molar-refractivity contribution >= 4 is 11.7 Å². The van der Waals surface area contributed by atoms with Crippen molar-refractivity contribution in [1.82, 2.24) is 9.88 Å². The number of carbonyl (C=O) groups is 1. The predicted molar refractivity (Wildman–Crippen MR) is 85.0 cm³/mol. The Kier molecular flexibility index (Phi) is 5.56. The second-order valence-corrected chi connectivity index (χ2v) is 5.73. The summed E-state index contributed by atoms with van der Waals surface area (Å²) in [6.45, 7) is 5.96. The Morgan fingerprint density at radius 2 is 2.19 bits per heavy atom.